The monoisotopic (exact) mass is 268 g/mol. The molecule has 0 spiro atoms. The first kappa shape index (κ1) is 13.9. The van der Waals surface area contributed by atoms with Gasteiger partial charge in [-0.25, -0.2) is 0 Å². The normalized spacial score (nSPS) is 28.2. The average molecular weight is 269 g/mol. The van der Waals surface area contributed by atoms with Crippen molar-refractivity contribution in [1.82, 2.24) is 9.78 Å². The van der Waals surface area contributed by atoms with E-state index in [0.717, 1.165) is 32.1 Å². The largest absolute Gasteiger partial charge is 0.269 e. The molecule has 0 aliphatic heterocycles. The Morgan fingerprint density at radius 3 is 2.78 bits per heavy atom. The molecule has 1 aliphatic carbocycles. The summed E-state index contributed by atoms with van der Waals surface area (Å²) in [7, 11) is 0. The highest BCUT2D eigenvalue weighted by atomic mass is 35.5. The number of aromatic nitrogens is 2. The van der Waals surface area contributed by atoms with Crippen molar-refractivity contribution in [2.75, 3.05) is 0 Å². The molecule has 2 rings (SSSR count). The van der Waals surface area contributed by atoms with E-state index in [1.165, 1.54) is 12.1 Å². The van der Waals surface area contributed by atoms with E-state index in [2.05, 4.69) is 37.7 Å². The quantitative estimate of drug-likeness (QED) is 0.715. The Kier molecular flexibility index (Phi) is 4.37. The molecule has 1 aliphatic rings. The molecule has 1 aromatic heterocycles. The lowest BCUT2D eigenvalue weighted by atomic mass is 9.84. The molecule has 2 atom stereocenters. The van der Waals surface area contributed by atoms with Gasteiger partial charge in [0.25, 0.3) is 0 Å². The summed E-state index contributed by atoms with van der Waals surface area (Å²) in [5.41, 5.74) is 1.59. The summed E-state index contributed by atoms with van der Waals surface area (Å²) >= 11 is 6.24. The van der Waals surface area contributed by atoms with Gasteiger partial charge in [-0.1, -0.05) is 20.8 Å². The fraction of sp³-hybridized carbons (Fsp3) is 0.800. The van der Waals surface area contributed by atoms with E-state index in [-0.39, 0.29) is 0 Å². The summed E-state index contributed by atoms with van der Waals surface area (Å²) in [6, 6.07) is 2.74. The van der Waals surface area contributed by atoms with E-state index in [1.807, 2.05) is 0 Å². The van der Waals surface area contributed by atoms with Crippen molar-refractivity contribution in [3.05, 3.63) is 18.0 Å². The Labute approximate surface area is 116 Å². The van der Waals surface area contributed by atoms with E-state index in [9.17, 15) is 0 Å². The zero-order valence-corrected chi connectivity index (χ0v) is 12.6. The number of alkyl halides is 1. The van der Waals surface area contributed by atoms with Gasteiger partial charge in [0.1, 0.15) is 0 Å². The second kappa shape index (κ2) is 5.64. The minimum atomic E-state index is 0.361. The predicted octanol–water partition coefficient (Wildman–Crippen LogP) is 4.58. The van der Waals surface area contributed by atoms with Gasteiger partial charge in [-0.3, -0.25) is 4.68 Å². The highest BCUT2D eigenvalue weighted by Gasteiger charge is 2.34. The molecular formula is C15H25ClN2. The fourth-order valence-electron chi connectivity index (χ4n) is 3.18. The van der Waals surface area contributed by atoms with Crippen LogP contribution in [-0.4, -0.2) is 15.2 Å². The van der Waals surface area contributed by atoms with Gasteiger partial charge in [0.15, 0.2) is 0 Å². The molecule has 0 radical (unpaired) electrons. The van der Waals surface area contributed by atoms with Crippen LogP contribution >= 0.6 is 11.6 Å². The molecule has 1 fully saturated rings. The van der Waals surface area contributed by atoms with E-state index in [1.54, 1.807) is 0 Å². The van der Waals surface area contributed by atoms with Gasteiger partial charge in [-0.2, -0.15) is 5.10 Å². The van der Waals surface area contributed by atoms with Crippen LogP contribution < -0.4 is 0 Å². The van der Waals surface area contributed by atoms with Gasteiger partial charge < -0.3 is 0 Å². The van der Waals surface area contributed by atoms with Crippen LogP contribution in [0.5, 0.6) is 0 Å². The molecule has 1 aromatic rings. The van der Waals surface area contributed by atoms with Crippen LogP contribution in [0, 0.1) is 5.41 Å². The average Bonchev–Trinajstić information content (AvgIpc) is 2.89. The Bertz CT molecular complexity index is 384. The molecule has 0 saturated heterocycles. The first-order valence-electron chi connectivity index (χ1n) is 7.24. The van der Waals surface area contributed by atoms with Gasteiger partial charge >= 0.3 is 0 Å². The summed E-state index contributed by atoms with van der Waals surface area (Å²) in [6.07, 6.45) is 9.04. The highest BCUT2D eigenvalue weighted by molar-refractivity contribution is 6.20. The maximum atomic E-state index is 6.24. The molecule has 1 saturated carbocycles. The minimum absolute atomic E-state index is 0.361. The molecular weight excluding hydrogens is 244 g/mol. The zero-order valence-electron chi connectivity index (χ0n) is 11.8. The Morgan fingerprint density at radius 2 is 2.22 bits per heavy atom. The second-order valence-corrected chi connectivity index (χ2v) is 6.70. The number of rotatable bonds is 5. The van der Waals surface area contributed by atoms with E-state index >= 15 is 0 Å². The van der Waals surface area contributed by atoms with Gasteiger partial charge in [0.05, 0.1) is 11.7 Å². The molecule has 1 heterocycles. The molecule has 0 aromatic carbocycles. The molecule has 0 N–H and O–H groups in total. The summed E-state index contributed by atoms with van der Waals surface area (Å²) in [4.78, 5) is 0. The summed E-state index contributed by atoms with van der Waals surface area (Å²) in [6.45, 7) is 6.81. The van der Waals surface area contributed by atoms with Crippen molar-refractivity contribution in [1.29, 1.82) is 0 Å². The van der Waals surface area contributed by atoms with Crippen LogP contribution in [0.4, 0.5) is 0 Å². The molecule has 3 heteroatoms. The molecule has 0 amide bonds. The molecule has 102 valence electrons. The van der Waals surface area contributed by atoms with E-state index in [0.29, 0.717) is 16.8 Å². The lowest BCUT2D eigenvalue weighted by molar-refractivity contribution is 0.327. The van der Waals surface area contributed by atoms with Crippen molar-refractivity contribution < 1.29 is 0 Å². The first-order valence-corrected chi connectivity index (χ1v) is 7.68. The van der Waals surface area contributed by atoms with Crippen molar-refractivity contribution in [2.45, 2.75) is 70.7 Å². The molecule has 2 unspecified atom stereocenters. The topological polar surface area (TPSA) is 17.8 Å². The van der Waals surface area contributed by atoms with Crippen LogP contribution in [-0.2, 0) is 6.42 Å². The van der Waals surface area contributed by atoms with Crippen LogP contribution in [0.3, 0.4) is 0 Å². The predicted molar refractivity (Wildman–Crippen MR) is 77.1 cm³/mol. The third kappa shape index (κ3) is 3.09. The van der Waals surface area contributed by atoms with Crippen molar-refractivity contribution in [2.24, 2.45) is 5.41 Å². The summed E-state index contributed by atoms with van der Waals surface area (Å²) < 4.78 is 2.14. The molecule has 2 nitrogen and oxygen atoms in total. The van der Waals surface area contributed by atoms with E-state index < -0.39 is 0 Å². The van der Waals surface area contributed by atoms with Gasteiger partial charge in [-0.05, 0) is 50.0 Å². The lowest BCUT2D eigenvalue weighted by Crippen LogP contribution is -2.17. The summed E-state index contributed by atoms with van der Waals surface area (Å²) in [5, 5.41) is 5.13. The van der Waals surface area contributed by atoms with Crippen LogP contribution in [0.25, 0.3) is 0 Å². The Balaban J connectivity index is 2.02. The van der Waals surface area contributed by atoms with Gasteiger partial charge in [0, 0.05) is 11.6 Å². The van der Waals surface area contributed by atoms with Crippen molar-refractivity contribution >= 4 is 11.6 Å². The number of hydrogen-bond donors (Lipinski definition) is 0. The third-order valence-electron chi connectivity index (χ3n) is 4.36. The molecule has 18 heavy (non-hydrogen) atoms. The number of hydrogen-bond acceptors (Lipinski definition) is 1. The highest BCUT2D eigenvalue weighted by Crippen LogP contribution is 2.42. The van der Waals surface area contributed by atoms with Crippen LogP contribution in [0.15, 0.2) is 12.3 Å². The van der Waals surface area contributed by atoms with Crippen LogP contribution in [0.2, 0.25) is 0 Å². The van der Waals surface area contributed by atoms with E-state index in [4.69, 9.17) is 16.7 Å². The van der Waals surface area contributed by atoms with Gasteiger partial charge in [0.2, 0.25) is 0 Å². The SMILES string of the molecule is CCC(CC)n1ccc(CC2(C)CCC(Cl)C2)n1. The third-order valence-corrected chi connectivity index (χ3v) is 4.74. The zero-order chi connectivity index (χ0) is 13.2. The van der Waals surface area contributed by atoms with Crippen LogP contribution in [0.1, 0.15) is 64.6 Å². The standard InChI is InChI=1S/C15H25ClN2/c1-4-14(5-2)18-9-7-13(17-18)11-15(3)8-6-12(16)10-15/h7,9,12,14H,4-6,8,10-11H2,1-3H3. The number of halogens is 1. The maximum absolute atomic E-state index is 6.24. The summed E-state index contributed by atoms with van der Waals surface area (Å²) in [5.74, 6) is 0. The van der Waals surface area contributed by atoms with Crippen molar-refractivity contribution in [3.63, 3.8) is 0 Å². The first-order chi connectivity index (χ1) is 8.56. The Hall–Kier alpha value is -0.500. The van der Waals surface area contributed by atoms with Gasteiger partial charge in [-0.15, -0.1) is 11.6 Å². The van der Waals surface area contributed by atoms with Crippen molar-refractivity contribution in [3.8, 4) is 0 Å². The Morgan fingerprint density at radius 1 is 1.50 bits per heavy atom. The lowest BCUT2D eigenvalue weighted by Gasteiger charge is -2.22. The fourth-order valence-corrected chi connectivity index (χ4v) is 3.66. The number of nitrogens with zero attached hydrogens (tertiary/aromatic N) is 2. The molecule has 0 bridgehead atoms. The second-order valence-electron chi connectivity index (χ2n) is 6.08. The minimum Gasteiger partial charge on any atom is -0.269 e. The maximum Gasteiger partial charge on any atom is 0.0630 e. The smallest absolute Gasteiger partial charge is 0.0630 e.